The zero-order valence-electron chi connectivity index (χ0n) is 17.1. The van der Waals surface area contributed by atoms with Gasteiger partial charge in [0, 0.05) is 55.8 Å². The van der Waals surface area contributed by atoms with E-state index in [0.717, 1.165) is 35.2 Å². The smallest absolute Gasteiger partial charge is 0.256 e. The van der Waals surface area contributed by atoms with E-state index in [4.69, 9.17) is 0 Å². The van der Waals surface area contributed by atoms with E-state index in [0.29, 0.717) is 24.6 Å². The summed E-state index contributed by atoms with van der Waals surface area (Å²) in [7, 11) is 0. The summed E-state index contributed by atoms with van der Waals surface area (Å²) in [6.45, 7) is 2.89. The van der Waals surface area contributed by atoms with Crippen molar-refractivity contribution in [3.8, 4) is 5.95 Å². The largest absolute Gasteiger partial charge is 0.392 e. The van der Waals surface area contributed by atoms with Crippen molar-refractivity contribution in [3.05, 3.63) is 84.3 Å². The van der Waals surface area contributed by atoms with E-state index in [9.17, 15) is 9.90 Å². The normalized spacial score (nSPS) is 14.2. The summed E-state index contributed by atoms with van der Waals surface area (Å²) in [6, 6.07) is 17.6. The molecule has 0 spiro atoms. The van der Waals surface area contributed by atoms with Crippen molar-refractivity contribution in [2.45, 2.75) is 6.61 Å². The van der Waals surface area contributed by atoms with Gasteiger partial charge in [-0.15, -0.1) is 0 Å². The Morgan fingerprint density at radius 1 is 0.903 bits per heavy atom. The van der Waals surface area contributed by atoms with E-state index in [2.05, 4.69) is 14.9 Å². The van der Waals surface area contributed by atoms with Gasteiger partial charge in [-0.05, 0) is 29.8 Å². The fourth-order valence-electron chi connectivity index (χ4n) is 4.08. The highest BCUT2D eigenvalue weighted by Crippen LogP contribution is 2.26. The summed E-state index contributed by atoms with van der Waals surface area (Å²) >= 11 is 0. The molecule has 1 aliphatic heterocycles. The van der Waals surface area contributed by atoms with Crippen LogP contribution in [0.25, 0.3) is 16.9 Å². The molecule has 0 radical (unpaired) electrons. The molecular formula is C24H23N5O2. The number of carbonyl (C=O) groups excluding carboxylic acids is 1. The predicted molar refractivity (Wildman–Crippen MR) is 119 cm³/mol. The SMILES string of the molecule is O=C(c1cn(-c2ncccn2)c2ccccc12)N1CCN(c2ccc(CO)cc2)CC1. The van der Waals surface area contributed by atoms with Crippen molar-refractivity contribution >= 4 is 22.5 Å². The van der Waals surface area contributed by atoms with E-state index in [-0.39, 0.29) is 12.5 Å². The van der Waals surface area contributed by atoms with Crippen LogP contribution in [0.15, 0.2) is 73.2 Å². The Labute approximate surface area is 180 Å². The lowest BCUT2D eigenvalue weighted by Gasteiger charge is -2.36. The quantitative estimate of drug-likeness (QED) is 0.557. The van der Waals surface area contributed by atoms with Gasteiger partial charge in [0.15, 0.2) is 0 Å². The summed E-state index contributed by atoms with van der Waals surface area (Å²) < 4.78 is 1.88. The first-order chi connectivity index (χ1) is 15.2. The topological polar surface area (TPSA) is 74.5 Å². The number of hydrogen-bond acceptors (Lipinski definition) is 5. The molecule has 7 nitrogen and oxygen atoms in total. The second-order valence-electron chi connectivity index (χ2n) is 7.58. The molecule has 0 unspecified atom stereocenters. The Balaban J connectivity index is 1.37. The fraction of sp³-hybridized carbons (Fsp3) is 0.208. The molecule has 7 heteroatoms. The molecule has 0 aliphatic carbocycles. The number of para-hydroxylation sites is 1. The maximum absolute atomic E-state index is 13.4. The molecule has 3 heterocycles. The number of aliphatic hydroxyl groups is 1. The number of anilines is 1. The number of fused-ring (bicyclic) bond motifs is 1. The molecule has 2 aromatic heterocycles. The molecule has 1 saturated heterocycles. The summed E-state index contributed by atoms with van der Waals surface area (Å²) in [5.74, 6) is 0.579. The number of carbonyl (C=O) groups is 1. The van der Waals surface area contributed by atoms with E-state index in [1.807, 2.05) is 64.2 Å². The molecule has 1 aliphatic rings. The Morgan fingerprint density at radius 3 is 2.32 bits per heavy atom. The lowest BCUT2D eigenvalue weighted by molar-refractivity contribution is 0.0748. The van der Waals surface area contributed by atoms with Crippen LogP contribution in [0.1, 0.15) is 15.9 Å². The van der Waals surface area contributed by atoms with Gasteiger partial charge in [-0.3, -0.25) is 9.36 Å². The third kappa shape index (κ3) is 3.64. The first kappa shape index (κ1) is 19.3. The van der Waals surface area contributed by atoms with Crippen molar-refractivity contribution in [2.75, 3.05) is 31.1 Å². The number of hydrogen-bond donors (Lipinski definition) is 1. The van der Waals surface area contributed by atoms with Gasteiger partial charge in [0.1, 0.15) is 0 Å². The van der Waals surface area contributed by atoms with Crippen LogP contribution in [-0.4, -0.2) is 56.6 Å². The number of rotatable bonds is 4. The molecule has 0 atom stereocenters. The van der Waals surface area contributed by atoms with Crippen molar-refractivity contribution in [3.63, 3.8) is 0 Å². The van der Waals surface area contributed by atoms with Gasteiger partial charge in [0.2, 0.25) is 5.95 Å². The van der Waals surface area contributed by atoms with Crippen molar-refractivity contribution in [2.24, 2.45) is 0 Å². The number of amides is 1. The van der Waals surface area contributed by atoms with Crippen LogP contribution in [0.3, 0.4) is 0 Å². The van der Waals surface area contributed by atoms with E-state index in [1.165, 1.54) is 0 Å². The average molecular weight is 413 g/mol. The number of aliphatic hydroxyl groups excluding tert-OH is 1. The zero-order valence-corrected chi connectivity index (χ0v) is 17.1. The Kier molecular flexibility index (Phi) is 5.09. The molecule has 1 amide bonds. The minimum absolute atomic E-state index is 0.0289. The van der Waals surface area contributed by atoms with Gasteiger partial charge >= 0.3 is 0 Å². The molecule has 5 rings (SSSR count). The van der Waals surface area contributed by atoms with Gasteiger partial charge in [-0.2, -0.15) is 0 Å². The Bertz CT molecular complexity index is 1200. The van der Waals surface area contributed by atoms with Crippen molar-refractivity contribution in [1.82, 2.24) is 19.4 Å². The van der Waals surface area contributed by atoms with Gasteiger partial charge in [0.05, 0.1) is 17.7 Å². The number of piperazine rings is 1. The standard InChI is InChI=1S/C24H23N5O2/c30-17-18-6-8-19(9-7-18)27-12-14-28(15-13-27)23(31)21-16-29(24-25-10-3-11-26-24)22-5-2-1-4-20(21)22/h1-11,16,30H,12-15,17H2. The van der Waals surface area contributed by atoms with Gasteiger partial charge in [-0.1, -0.05) is 30.3 Å². The minimum atomic E-state index is 0.0289. The lowest BCUT2D eigenvalue weighted by atomic mass is 10.1. The van der Waals surface area contributed by atoms with Gasteiger partial charge in [-0.25, -0.2) is 9.97 Å². The van der Waals surface area contributed by atoms with Crippen LogP contribution in [0.2, 0.25) is 0 Å². The van der Waals surface area contributed by atoms with Crippen LogP contribution in [0, 0.1) is 0 Å². The average Bonchev–Trinajstić information content (AvgIpc) is 3.24. The first-order valence-corrected chi connectivity index (χ1v) is 10.4. The third-order valence-electron chi connectivity index (χ3n) is 5.76. The van der Waals surface area contributed by atoms with Gasteiger partial charge < -0.3 is 14.9 Å². The molecule has 31 heavy (non-hydrogen) atoms. The molecule has 0 saturated carbocycles. The van der Waals surface area contributed by atoms with Gasteiger partial charge in [0.25, 0.3) is 5.91 Å². The molecular weight excluding hydrogens is 390 g/mol. The molecule has 0 bridgehead atoms. The summed E-state index contributed by atoms with van der Waals surface area (Å²) in [6.07, 6.45) is 5.25. The third-order valence-corrected chi connectivity index (χ3v) is 5.76. The van der Waals surface area contributed by atoms with Crippen LogP contribution < -0.4 is 4.90 Å². The molecule has 2 aromatic carbocycles. The highest BCUT2D eigenvalue weighted by atomic mass is 16.3. The number of benzene rings is 2. The molecule has 1 N–H and O–H groups in total. The first-order valence-electron chi connectivity index (χ1n) is 10.4. The molecule has 156 valence electrons. The maximum atomic E-state index is 13.4. The predicted octanol–water partition coefficient (Wildman–Crippen LogP) is 2.88. The molecule has 4 aromatic rings. The van der Waals surface area contributed by atoms with Crippen molar-refractivity contribution < 1.29 is 9.90 Å². The van der Waals surface area contributed by atoms with E-state index in [1.54, 1.807) is 18.5 Å². The summed E-state index contributed by atoms with van der Waals surface area (Å²) in [4.78, 5) is 26.3. The van der Waals surface area contributed by atoms with E-state index >= 15 is 0 Å². The Morgan fingerprint density at radius 2 is 1.61 bits per heavy atom. The summed E-state index contributed by atoms with van der Waals surface area (Å²) in [5, 5.41) is 10.1. The van der Waals surface area contributed by atoms with Crippen LogP contribution >= 0.6 is 0 Å². The highest BCUT2D eigenvalue weighted by molar-refractivity contribution is 6.07. The van der Waals surface area contributed by atoms with Crippen LogP contribution in [0.5, 0.6) is 0 Å². The summed E-state index contributed by atoms with van der Waals surface area (Å²) in [5.41, 5.74) is 3.60. The zero-order chi connectivity index (χ0) is 21.2. The maximum Gasteiger partial charge on any atom is 0.256 e. The monoisotopic (exact) mass is 413 g/mol. The second-order valence-corrected chi connectivity index (χ2v) is 7.58. The number of aromatic nitrogens is 3. The highest BCUT2D eigenvalue weighted by Gasteiger charge is 2.25. The number of nitrogens with zero attached hydrogens (tertiary/aromatic N) is 5. The lowest BCUT2D eigenvalue weighted by Crippen LogP contribution is -2.48. The Hall–Kier alpha value is -3.71. The second kappa shape index (κ2) is 8.20. The minimum Gasteiger partial charge on any atom is -0.392 e. The van der Waals surface area contributed by atoms with E-state index < -0.39 is 0 Å². The fourth-order valence-corrected chi connectivity index (χ4v) is 4.08. The van der Waals surface area contributed by atoms with Crippen LogP contribution in [0.4, 0.5) is 5.69 Å². The van der Waals surface area contributed by atoms with Crippen molar-refractivity contribution in [1.29, 1.82) is 0 Å². The van der Waals surface area contributed by atoms with Crippen LogP contribution in [-0.2, 0) is 6.61 Å². The molecule has 1 fully saturated rings.